The van der Waals surface area contributed by atoms with Gasteiger partial charge in [-0.2, -0.15) is 0 Å². The summed E-state index contributed by atoms with van der Waals surface area (Å²) >= 11 is 6.19. The smallest absolute Gasteiger partial charge is 0.207 e. The van der Waals surface area contributed by atoms with Gasteiger partial charge < -0.3 is 14.6 Å². The molecule has 1 aromatic heterocycles. The number of hydrogen-bond acceptors (Lipinski definition) is 3. The number of imidazole rings is 1. The maximum Gasteiger partial charge on any atom is 0.207 e. The van der Waals surface area contributed by atoms with Gasteiger partial charge in [-0.25, -0.2) is 4.98 Å². The van der Waals surface area contributed by atoms with Gasteiger partial charge in [-0.3, -0.25) is 0 Å². The molecule has 0 aliphatic rings. The zero-order valence-corrected chi connectivity index (χ0v) is 17.9. The first-order chi connectivity index (χ1) is 14.6. The third kappa shape index (κ3) is 4.66. The molecule has 0 radical (unpaired) electrons. The second kappa shape index (κ2) is 9.06. The van der Waals surface area contributed by atoms with E-state index in [1.54, 1.807) is 13.3 Å². The van der Waals surface area contributed by atoms with Crippen LogP contribution in [0.25, 0.3) is 11.1 Å². The lowest BCUT2D eigenvalue weighted by Gasteiger charge is -2.12. The number of nitrogens with zero attached hydrogens (tertiary/aromatic N) is 2. The first-order valence-electron chi connectivity index (χ1n) is 9.88. The van der Waals surface area contributed by atoms with Crippen molar-refractivity contribution in [3.63, 3.8) is 0 Å². The molecule has 1 heterocycles. The molecule has 4 rings (SSSR count). The van der Waals surface area contributed by atoms with Crippen LogP contribution in [-0.4, -0.2) is 16.7 Å². The Labute approximate surface area is 182 Å². The highest BCUT2D eigenvalue weighted by molar-refractivity contribution is 6.30. The summed E-state index contributed by atoms with van der Waals surface area (Å²) in [6.45, 7) is 0. The van der Waals surface area contributed by atoms with Crippen molar-refractivity contribution in [1.29, 1.82) is 0 Å². The van der Waals surface area contributed by atoms with Gasteiger partial charge in [0, 0.05) is 35.7 Å². The standard InChI is InChI=1S/C25H24ClN3O/c1-29-15-14-27-25(29)28-22-11-8-18(9-12-22)6-7-19-10-13-24(30-2)23(16-19)20-4-3-5-21(26)17-20/h3-5,8-17H,6-7H2,1-2H3,(H,27,28). The summed E-state index contributed by atoms with van der Waals surface area (Å²) in [6.07, 6.45) is 5.61. The number of aryl methyl sites for hydroxylation is 3. The largest absolute Gasteiger partial charge is 0.496 e. The number of halogens is 1. The lowest BCUT2D eigenvalue weighted by atomic mass is 9.98. The fourth-order valence-corrected chi connectivity index (χ4v) is 3.64. The first-order valence-corrected chi connectivity index (χ1v) is 10.3. The number of anilines is 2. The van der Waals surface area contributed by atoms with E-state index in [9.17, 15) is 0 Å². The summed E-state index contributed by atoms with van der Waals surface area (Å²) in [6, 6.07) is 22.7. The minimum atomic E-state index is 0.721. The zero-order valence-electron chi connectivity index (χ0n) is 17.1. The third-order valence-electron chi connectivity index (χ3n) is 5.13. The molecule has 0 aliphatic carbocycles. The highest BCUT2D eigenvalue weighted by atomic mass is 35.5. The summed E-state index contributed by atoms with van der Waals surface area (Å²) in [5.74, 6) is 1.68. The van der Waals surface area contributed by atoms with E-state index in [1.165, 1.54) is 11.1 Å². The maximum absolute atomic E-state index is 6.19. The van der Waals surface area contributed by atoms with Crippen LogP contribution in [0.15, 0.2) is 79.1 Å². The van der Waals surface area contributed by atoms with Gasteiger partial charge in [-0.15, -0.1) is 0 Å². The molecule has 0 aliphatic heterocycles. The molecule has 5 heteroatoms. The average molecular weight is 418 g/mol. The molecule has 0 amide bonds. The second-order valence-corrected chi connectivity index (χ2v) is 7.67. The molecule has 1 N–H and O–H groups in total. The number of rotatable bonds is 7. The molecule has 0 spiro atoms. The normalized spacial score (nSPS) is 10.8. The Balaban J connectivity index is 1.46. The van der Waals surface area contributed by atoms with Gasteiger partial charge in [0.2, 0.25) is 5.95 Å². The van der Waals surface area contributed by atoms with E-state index in [2.05, 4.69) is 52.8 Å². The molecule has 0 saturated carbocycles. The molecular weight excluding hydrogens is 394 g/mol. The zero-order chi connectivity index (χ0) is 20.9. The van der Waals surface area contributed by atoms with Crippen molar-refractivity contribution in [2.45, 2.75) is 12.8 Å². The lowest BCUT2D eigenvalue weighted by Crippen LogP contribution is -1.99. The predicted octanol–water partition coefficient (Wildman–Crippen LogP) is 6.28. The topological polar surface area (TPSA) is 39.1 Å². The molecule has 0 fully saturated rings. The monoisotopic (exact) mass is 417 g/mol. The minimum Gasteiger partial charge on any atom is -0.496 e. The van der Waals surface area contributed by atoms with Crippen LogP contribution >= 0.6 is 11.6 Å². The van der Waals surface area contributed by atoms with Crippen LogP contribution in [0.5, 0.6) is 5.75 Å². The van der Waals surface area contributed by atoms with E-state index in [-0.39, 0.29) is 0 Å². The highest BCUT2D eigenvalue weighted by Gasteiger charge is 2.08. The molecule has 0 atom stereocenters. The van der Waals surface area contributed by atoms with Crippen LogP contribution in [0.3, 0.4) is 0 Å². The van der Waals surface area contributed by atoms with Gasteiger partial charge in [-0.1, -0.05) is 41.9 Å². The van der Waals surface area contributed by atoms with Crippen LogP contribution < -0.4 is 10.1 Å². The molecule has 3 aromatic carbocycles. The third-order valence-corrected chi connectivity index (χ3v) is 5.37. The van der Waals surface area contributed by atoms with Crippen LogP contribution in [0.2, 0.25) is 5.02 Å². The highest BCUT2D eigenvalue weighted by Crippen LogP contribution is 2.32. The van der Waals surface area contributed by atoms with Crippen LogP contribution in [-0.2, 0) is 19.9 Å². The number of aromatic nitrogens is 2. The van der Waals surface area contributed by atoms with Crippen LogP contribution in [0.4, 0.5) is 11.6 Å². The van der Waals surface area contributed by atoms with Gasteiger partial charge in [0.1, 0.15) is 5.75 Å². The van der Waals surface area contributed by atoms with E-state index in [4.69, 9.17) is 16.3 Å². The SMILES string of the molecule is COc1ccc(CCc2ccc(Nc3nccn3C)cc2)cc1-c1cccc(Cl)c1. The van der Waals surface area contributed by atoms with Crippen molar-refractivity contribution in [2.24, 2.45) is 7.05 Å². The number of nitrogens with one attached hydrogen (secondary N) is 1. The summed E-state index contributed by atoms with van der Waals surface area (Å²) in [4.78, 5) is 4.30. The molecule has 4 aromatic rings. The second-order valence-electron chi connectivity index (χ2n) is 7.23. The number of ether oxygens (including phenoxy) is 1. The molecule has 0 bridgehead atoms. The first kappa shape index (κ1) is 20.0. The van der Waals surface area contributed by atoms with Crippen LogP contribution in [0, 0.1) is 0 Å². The summed E-state index contributed by atoms with van der Waals surface area (Å²) in [7, 11) is 3.67. The van der Waals surface area contributed by atoms with Crippen molar-refractivity contribution in [3.8, 4) is 16.9 Å². The Morgan fingerprint density at radius 2 is 1.73 bits per heavy atom. The van der Waals surface area contributed by atoms with Crippen molar-refractivity contribution in [2.75, 3.05) is 12.4 Å². The van der Waals surface area contributed by atoms with E-state index >= 15 is 0 Å². The summed E-state index contributed by atoms with van der Waals surface area (Å²) < 4.78 is 7.52. The molecule has 0 saturated heterocycles. The van der Waals surface area contributed by atoms with E-state index < -0.39 is 0 Å². The van der Waals surface area contributed by atoms with Gasteiger partial charge in [0.15, 0.2) is 0 Å². The summed E-state index contributed by atoms with van der Waals surface area (Å²) in [5.41, 5.74) is 5.71. The Morgan fingerprint density at radius 1 is 0.967 bits per heavy atom. The molecule has 152 valence electrons. The number of benzene rings is 3. The van der Waals surface area contributed by atoms with Gasteiger partial charge in [0.05, 0.1) is 7.11 Å². The average Bonchev–Trinajstić information content (AvgIpc) is 3.17. The number of hydrogen-bond donors (Lipinski definition) is 1. The fourth-order valence-electron chi connectivity index (χ4n) is 3.45. The quantitative estimate of drug-likeness (QED) is 0.384. The Kier molecular flexibility index (Phi) is 6.05. The van der Waals surface area contributed by atoms with E-state index in [0.29, 0.717) is 0 Å². The number of methoxy groups -OCH3 is 1. The summed E-state index contributed by atoms with van der Waals surface area (Å²) in [5, 5.41) is 4.04. The van der Waals surface area contributed by atoms with E-state index in [0.717, 1.165) is 46.4 Å². The maximum atomic E-state index is 6.19. The van der Waals surface area contributed by atoms with Gasteiger partial charge >= 0.3 is 0 Å². The predicted molar refractivity (Wildman–Crippen MR) is 124 cm³/mol. The van der Waals surface area contributed by atoms with Crippen molar-refractivity contribution >= 4 is 23.2 Å². The molecule has 30 heavy (non-hydrogen) atoms. The van der Waals surface area contributed by atoms with Gasteiger partial charge in [-0.05, 0) is 65.9 Å². The van der Waals surface area contributed by atoms with Crippen molar-refractivity contribution in [3.05, 3.63) is 95.3 Å². The Bertz CT molecular complexity index is 1140. The Hall–Kier alpha value is -3.24. The van der Waals surface area contributed by atoms with E-state index in [1.807, 2.05) is 42.1 Å². The fraction of sp³-hybridized carbons (Fsp3) is 0.160. The lowest BCUT2D eigenvalue weighted by molar-refractivity contribution is 0.416. The molecule has 0 unspecified atom stereocenters. The van der Waals surface area contributed by atoms with Crippen LogP contribution in [0.1, 0.15) is 11.1 Å². The molecule has 4 nitrogen and oxygen atoms in total. The molecular formula is C25H24ClN3O. The van der Waals surface area contributed by atoms with Gasteiger partial charge in [0.25, 0.3) is 0 Å². The Morgan fingerprint density at radius 3 is 2.43 bits per heavy atom. The van der Waals surface area contributed by atoms with Crippen molar-refractivity contribution in [1.82, 2.24) is 9.55 Å². The minimum absolute atomic E-state index is 0.721. The van der Waals surface area contributed by atoms with Crippen molar-refractivity contribution < 1.29 is 4.74 Å².